The third kappa shape index (κ3) is 4.33. The average molecular weight is 263 g/mol. The van der Waals surface area contributed by atoms with Crippen LogP contribution in [0.25, 0.3) is 0 Å². The van der Waals surface area contributed by atoms with Crippen LogP contribution < -0.4 is 5.32 Å². The average Bonchev–Trinajstić information content (AvgIpc) is 2.94. The third-order valence-corrected chi connectivity index (χ3v) is 3.42. The van der Waals surface area contributed by atoms with Gasteiger partial charge < -0.3 is 14.8 Å². The van der Waals surface area contributed by atoms with Gasteiger partial charge >= 0.3 is 5.97 Å². The number of benzene rings is 1. The predicted molar refractivity (Wildman–Crippen MR) is 72.8 cm³/mol. The second-order valence-corrected chi connectivity index (χ2v) is 4.83. The van der Waals surface area contributed by atoms with Gasteiger partial charge in [0.1, 0.15) is 0 Å². The van der Waals surface area contributed by atoms with Crippen molar-refractivity contribution < 1.29 is 14.3 Å². The summed E-state index contributed by atoms with van der Waals surface area (Å²) in [7, 11) is 1.41. The first-order valence-corrected chi connectivity index (χ1v) is 6.74. The molecule has 1 aromatic rings. The normalized spacial score (nSPS) is 18.5. The van der Waals surface area contributed by atoms with Crippen molar-refractivity contribution in [1.29, 1.82) is 0 Å². The molecule has 0 spiro atoms. The smallest absolute Gasteiger partial charge is 0.309 e. The van der Waals surface area contributed by atoms with Crippen LogP contribution >= 0.6 is 0 Å². The number of hydrogen-bond donors (Lipinski definition) is 1. The molecular weight excluding hydrogens is 242 g/mol. The van der Waals surface area contributed by atoms with Crippen molar-refractivity contribution in [3.8, 4) is 0 Å². The Morgan fingerprint density at radius 2 is 2.16 bits per heavy atom. The lowest BCUT2D eigenvalue weighted by atomic mass is 10.1. The van der Waals surface area contributed by atoms with Crippen molar-refractivity contribution in [3.63, 3.8) is 0 Å². The molecule has 1 N–H and O–H groups in total. The lowest BCUT2D eigenvalue weighted by Crippen LogP contribution is -2.26. The van der Waals surface area contributed by atoms with E-state index in [2.05, 4.69) is 5.32 Å². The molecule has 0 radical (unpaired) electrons. The van der Waals surface area contributed by atoms with Crippen molar-refractivity contribution in [2.24, 2.45) is 0 Å². The molecule has 0 amide bonds. The van der Waals surface area contributed by atoms with E-state index in [9.17, 15) is 4.79 Å². The highest BCUT2D eigenvalue weighted by molar-refractivity contribution is 5.72. The molecule has 1 unspecified atom stereocenters. The molecule has 2 rings (SSSR count). The van der Waals surface area contributed by atoms with E-state index in [4.69, 9.17) is 9.47 Å². The molecule has 0 aromatic heterocycles. The fourth-order valence-corrected chi connectivity index (χ4v) is 2.31. The Kier molecular flexibility index (Phi) is 5.36. The van der Waals surface area contributed by atoms with Crippen molar-refractivity contribution in [2.75, 3.05) is 20.3 Å². The van der Waals surface area contributed by atoms with Gasteiger partial charge in [-0.3, -0.25) is 4.79 Å². The van der Waals surface area contributed by atoms with Crippen LogP contribution in [0, 0.1) is 0 Å². The van der Waals surface area contributed by atoms with Gasteiger partial charge in [-0.05, 0) is 30.5 Å². The monoisotopic (exact) mass is 263 g/mol. The fraction of sp³-hybridized carbons (Fsp3) is 0.533. The minimum absolute atomic E-state index is 0.218. The number of ether oxygens (including phenoxy) is 2. The van der Waals surface area contributed by atoms with Crippen LogP contribution in [-0.4, -0.2) is 32.3 Å². The number of esters is 1. The van der Waals surface area contributed by atoms with Gasteiger partial charge in [0.25, 0.3) is 0 Å². The van der Waals surface area contributed by atoms with Crippen molar-refractivity contribution in [1.82, 2.24) is 5.32 Å². The van der Waals surface area contributed by atoms with E-state index in [0.29, 0.717) is 19.1 Å². The van der Waals surface area contributed by atoms with Gasteiger partial charge in [0.15, 0.2) is 0 Å². The molecule has 0 aliphatic carbocycles. The van der Waals surface area contributed by atoms with E-state index < -0.39 is 0 Å². The van der Waals surface area contributed by atoms with Crippen LogP contribution in [0.2, 0.25) is 0 Å². The van der Waals surface area contributed by atoms with Crippen LogP contribution in [0.3, 0.4) is 0 Å². The first-order chi connectivity index (χ1) is 9.29. The maximum atomic E-state index is 11.3. The highest BCUT2D eigenvalue weighted by atomic mass is 16.5. The summed E-state index contributed by atoms with van der Waals surface area (Å²) < 4.78 is 10.5. The number of nitrogens with one attached hydrogen (secondary N) is 1. The standard InChI is InChI=1S/C15H21NO3/c1-18-15(17)9-12-5-2-3-6-13(12)10-19-11-14-7-4-8-16-14/h2-3,5-6,14,16H,4,7-11H2,1H3. The van der Waals surface area contributed by atoms with Crippen LogP contribution in [0.5, 0.6) is 0 Å². The number of methoxy groups -OCH3 is 1. The summed E-state index contributed by atoms with van der Waals surface area (Å²) in [5, 5.41) is 3.40. The van der Waals surface area contributed by atoms with Gasteiger partial charge in [-0.25, -0.2) is 0 Å². The zero-order valence-corrected chi connectivity index (χ0v) is 11.4. The maximum Gasteiger partial charge on any atom is 0.309 e. The Labute approximate surface area is 114 Å². The highest BCUT2D eigenvalue weighted by Gasteiger charge is 2.14. The summed E-state index contributed by atoms with van der Waals surface area (Å²) in [5.41, 5.74) is 2.04. The van der Waals surface area contributed by atoms with Gasteiger partial charge in [-0.1, -0.05) is 24.3 Å². The molecule has 1 saturated heterocycles. The molecule has 19 heavy (non-hydrogen) atoms. The van der Waals surface area contributed by atoms with Crippen molar-refractivity contribution in [2.45, 2.75) is 31.9 Å². The number of rotatable bonds is 6. The highest BCUT2D eigenvalue weighted by Crippen LogP contribution is 2.13. The molecular formula is C15H21NO3. The summed E-state index contributed by atoms with van der Waals surface area (Å²) in [6, 6.07) is 8.32. The van der Waals surface area contributed by atoms with E-state index in [1.807, 2.05) is 24.3 Å². The molecule has 1 aliphatic heterocycles. The predicted octanol–water partition coefficient (Wildman–Crippen LogP) is 1.67. The number of hydrogen-bond acceptors (Lipinski definition) is 4. The molecule has 1 aliphatic rings. The lowest BCUT2D eigenvalue weighted by Gasteiger charge is -2.13. The first kappa shape index (κ1) is 14.0. The second-order valence-electron chi connectivity index (χ2n) is 4.83. The summed E-state index contributed by atoms with van der Waals surface area (Å²) in [6.07, 6.45) is 2.72. The zero-order valence-electron chi connectivity index (χ0n) is 11.4. The first-order valence-electron chi connectivity index (χ1n) is 6.74. The van der Waals surface area contributed by atoms with E-state index in [1.54, 1.807) is 0 Å². The van der Waals surface area contributed by atoms with E-state index in [0.717, 1.165) is 24.3 Å². The Hall–Kier alpha value is -1.39. The zero-order chi connectivity index (χ0) is 13.5. The van der Waals surface area contributed by atoms with Crippen LogP contribution in [-0.2, 0) is 27.3 Å². The van der Waals surface area contributed by atoms with Crippen LogP contribution in [0.1, 0.15) is 24.0 Å². The summed E-state index contributed by atoms with van der Waals surface area (Å²) in [6.45, 7) is 2.37. The molecule has 1 aromatic carbocycles. The van der Waals surface area contributed by atoms with Gasteiger partial charge in [0.2, 0.25) is 0 Å². The molecule has 4 nitrogen and oxygen atoms in total. The number of carbonyl (C=O) groups excluding carboxylic acids is 1. The summed E-state index contributed by atoms with van der Waals surface area (Å²) in [4.78, 5) is 11.3. The number of carbonyl (C=O) groups is 1. The summed E-state index contributed by atoms with van der Waals surface area (Å²) in [5.74, 6) is -0.218. The maximum absolute atomic E-state index is 11.3. The molecule has 104 valence electrons. The molecule has 1 atom stereocenters. The summed E-state index contributed by atoms with van der Waals surface area (Å²) >= 11 is 0. The van der Waals surface area contributed by atoms with Gasteiger partial charge in [0, 0.05) is 6.04 Å². The van der Waals surface area contributed by atoms with Crippen LogP contribution in [0.4, 0.5) is 0 Å². The van der Waals surface area contributed by atoms with Crippen molar-refractivity contribution >= 4 is 5.97 Å². The van der Waals surface area contributed by atoms with Gasteiger partial charge in [0.05, 0.1) is 26.7 Å². The minimum atomic E-state index is -0.218. The fourth-order valence-electron chi connectivity index (χ4n) is 2.31. The largest absolute Gasteiger partial charge is 0.469 e. The van der Waals surface area contributed by atoms with Crippen LogP contribution in [0.15, 0.2) is 24.3 Å². The quantitative estimate of drug-likeness (QED) is 0.793. The molecule has 1 heterocycles. The van der Waals surface area contributed by atoms with Crippen molar-refractivity contribution in [3.05, 3.63) is 35.4 Å². The molecule has 0 bridgehead atoms. The van der Waals surface area contributed by atoms with E-state index in [-0.39, 0.29) is 5.97 Å². The van der Waals surface area contributed by atoms with Gasteiger partial charge in [-0.15, -0.1) is 0 Å². The molecule has 4 heteroatoms. The molecule has 0 saturated carbocycles. The Balaban J connectivity index is 1.86. The second kappa shape index (κ2) is 7.26. The minimum Gasteiger partial charge on any atom is -0.469 e. The Bertz CT molecular complexity index is 414. The Morgan fingerprint density at radius 3 is 2.84 bits per heavy atom. The van der Waals surface area contributed by atoms with E-state index >= 15 is 0 Å². The molecule has 1 fully saturated rings. The third-order valence-electron chi connectivity index (χ3n) is 3.42. The SMILES string of the molecule is COC(=O)Cc1ccccc1COCC1CCCN1. The lowest BCUT2D eigenvalue weighted by molar-refractivity contribution is -0.139. The Morgan fingerprint density at radius 1 is 1.37 bits per heavy atom. The topological polar surface area (TPSA) is 47.6 Å². The van der Waals surface area contributed by atoms with E-state index in [1.165, 1.54) is 20.0 Å². The van der Waals surface area contributed by atoms with Gasteiger partial charge in [-0.2, -0.15) is 0 Å².